The maximum Gasteiger partial charge on any atom is 0.191 e. The van der Waals surface area contributed by atoms with Gasteiger partial charge in [-0.2, -0.15) is 0 Å². The molecule has 3 aromatic rings. The van der Waals surface area contributed by atoms with Gasteiger partial charge in [-0.1, -0.05) is 36.4 Å². The van der Waals surface area contributed by atoms with Gasteiger partial charge in [-0.3, -0.25) is 4.40 Å². The molecule has 0 unspecified atom stereocenters. The van der Waals surface area contributed by atoms with Crippen molar-refractivity contribution in [3.05, 3.63) is 66.1 Å². The molecule has 0 saturated carbocycles. The molecule has 1 saturated heterocycles. The van der Waals surface area contributed by atoms with Crippen molar-refractivity contribution >= 4 is 11.6 Å². The summed E-state index contributed by atoms with van der Waals surface area (Å²) >= 11 is 0. The summed E-state index contributed by atoms with van der Waals surface area (Å²) in [6.07, 6.45) is 8.21. The molecule has 4 rings (SSSR count). The average Bonchev–Trinajstić information content (AvgIpc) is 3.27. The van der Waals surface area contributed by atoms with E-state index in [0.29, 0.717) is 6.54 Å². The van der Waals surface area contributed by atoms with Gasteiger partial charge in [0.1, 0.15) is 6.54 Å². The Hall–Kier alpha value is -2.93. The zero-order valence-electron chi connectivity index (χ0n) is 19.8. The molecule has 0 amide bonds. The zero-order valence-corrected chi connectivity index (χ0v) is 19.8. The Labute approximate surface area is 197 Å². The van der Waals surface area contributed by atoms with Gasteiger partial charge in [-0.15, -0.1) is 10.2 Å². The summed E-state index contributed by atoms with van der Waals surface area (Å²) in [6, 6.07) is 16.8. The van der Waals surface area contributed by atoms with Crippen molar-refractivity contribution in [1.82, 2.24) is 30.1 Å². The van der Waals surface area contributed by atoms with Crippen LogP contribution in [0.25, 0.3) is 5.65 Å². The topological polar surface area (TPSA) is 69.8 Å². The minimum atomic E-state index is 0.498. The van der Waals surface area contributed by atoms with Crippen molar-refractivity contribution in [3.8, 4) is 0 Å². The van der Waals surface area contributed by atoms with E-state index in [1.54, 1.807) is 0 Å². The van der Waals surface area contributed by atoms with Crippen molar-refractivity contribution in [2.24, 2.45) is 10.9 Å². The van der Waals surface area contributed by atoms with Gasteiger partial charge in [-0.25, -0.2) is 4.99 Å². The number of guanidine groups is 1. The van der Waals surface area contributed by atoms with E-state index in [4.69, 9.17) is 4.99 Å². The predicted molar refractivity (Wildman–Crippen MR) is 134 cm³/mol. The van der Waals surface area contributed by atoms with Crippen LogP contribution in [0.15, 0.2) is 59.7 Å². The standard InChI is InChI=1S/C26H37N7/c1-2-27-26(29-21-25-31-30-24-12-6-8-17-33(24)25)28-15-7-9-16-32-18-13-23(14-19-32)20-22-10-4-3-5-11-22/h3-6,8,10-12,17,23H,2,7,9,13-16,18-21H2,1H3,(H2,27,28,29). The number of aromatic nitrogens is 3. The molecule has 0 bridgehead atoms. The molecule has 7 nitrogen and oxygen atoms in total. The highest BCUT2D eigenvalue weighted by Crippen LogP contribution is 2.21. The highest BCUT2D eigenvalue weighted by atomic mass is 15.3. The lowest BCUT2D eigenvalue weighted by Gasteiger charge is -2.32. The van der Waals surface area contributed by atoms with Crippen LogP contribution >= 0.6 is 0 Å². The minimum Gasteiger partial charge on any atom is -0.357 e. The van der Waals surface area contributed by atoms with Crippen molar-refractivity contribution in [1.29, 1.82) is 0 Å². The monoisotopic (exact) mass is 447 g/mol. The number of hydrogen-bond donors (Lipinski definition) is 2. The number of nitrogens with zero attached hydrogens (tertiary/aromatic N) is 5. The zero-order chi connectivity index (χ0) is 22.7. The summed E-state index contributed by atoms with van der Waals surface area (Å²) in [5, 5.41) is 15.3. The van der Waals surface area contributed by atoms with Gasteiger partial charge in [0.15, 0.2) is 17.4 Å². The number of fused-ring (bicyclic) bond motifs is 1. The Bertz CT molecular complexity index is 990. The minimum absolute atomic E-state index is 0.498. The second-order valence-electron chi connectivity index (χ2n) is 8.85. The fourth-order valence-electron chi connectivity index (χ4n) is 4.52. The molecule has 0 radical (unpaired) electrons. The third kappa shape index (κ3) is 7.02. The lowest BCUT2D eigenvalue weighted by molar-refractivity contribution is 0.181. The van der Waals surface area contributed by atoms with Gasteiger partial charge in [0.25, 0.3) is 0 Å². The lowest BCUT2D eigenvalue weighted by atomic mass is 9.90. The summed E-state index contributed by atoms with van der Waals surface area (Å²) in [4.78, 5) is 7.33. The number of hydrogen-bond acceptors (Lipinski definition) is 4. The van der Waals surface area contributed by atoms with Crippen molar-refractivity contribution in [2.75, 3.05) is 32.7 Å². The Morgan fingerprint density at radius 2 is 1.82 bits per heavy atom. The Morgan fingerprint density at radius 1 is 1.00 bits per heavy atom. The molecule has 3 heterocycles. The second-order valence-corrected chi connectivity index (χ2v) is 8.85. The van der Waals surface area contributed by atoms with E-state index in [9.17, 15) is 0 Å². The van der Waals surface area contributed by atoms with Crippen molar-refractivity contribution in [3.63, 3.8) is 0 Å². The average molecular weight is 448 g/mol. The number of likely N-dealkylation sites (tertiary alicyclic amines) is 1. The number of nitrogens with one attached hydrogen (secondary N) is 2. The summed E-state index contributed by atoms with van der Waals surface area (Å²) < 4.78 is 1.98. The maximum atomic E-state index is 4.70. The van der Waals surface area contributed by atoms with E-state index in [0.717, 1.165) is 42.9 Å². The third-order valence-corrected chi connectivity index (χ3v) is 6.38. The molecule has 176 valence electrons. The van der Waals surface area contributed by atoms with Crippen LogP contribution in [0.3, 0.4) is 0 Å². The normalized spacial score (nSPS) is 15.7. The first-order valence-electron chi connectivity index (χ1n) is 12.4. The number of rotatable bonds is 10. The molecule has 2 aromatic heterocycles. The van der Waals surface area contributed by atoms with E-state index in [1.807, 2.05) is 28.8 Å². The van der Waals surface area contributed by atoms with Crippen molar-refractivity contribution < 1.29 is 0 Å². The van der Waals surface area contributed by atoms with Crippen LogP contribution in [0.1, 0.15) is 44.0 Å². The number of unbranched alkanes of at least 4 members (excludes halogenated alkanes) is 1. The Kier molecular flexibility index (Phi) is 8.69. The molecule has 1 aliphatic heterocycles. The number of piperidine rings is 1. The van der Waals surface area contributed by atoms with E-state index in [1.165, 1.54) is 50.9 Å². The summed E-state index contributed by atoms with van der Waals surface area (Å²) in [6.45, 7) is 8.02. The molecular formula is C26H37N7. The van der Waals surface area contributed by atoms with E-state index < -0.39 is 0 Å². The lowest BCUT2D eigenvalue weighted by Crippen LogP contribution is -2.38. The first kappa shape index (κ1) is 23.2. The van der Waals surface area contributed by atoms with E-state index in [-0.39, 0.29) is 0 Å². The van der Waals surface area contributed by atoms with Crippen molar-refractivity contribution in [2.45, 2.75) is 45.6 Å². The molecule has 1 fully saturated rings. The molecule has 33 heavy (non-hydrogen) atoms. The quantitative estimate of drug-likeness (QED) is 0.283. The smallest absolute Gasteiger partial charge is 0.191 e. The molecule has 2 N–H and O–H groups in total. The molecule has 7 heteroatoms. The number of aliphatic imine (C=N–C) groups is 1. The Balaban J connectivity index is 1.13. The van der Waals surface area contributed by atoms with E-state index in [2.05, 4.69) is 63.0 Å². The van der Waals surface area contributed by atoms with Crippen LogP contribution in [0.5, 0.6) is 0 Å². The Morgan fingerprint density at radius 3 is 2.64 bits per heavy atom. The molecule has 1 aliphatic rings. The number of benzene rings is 1. The van der Waals surface area contributed by atoms with Crippen LogP contribution in [0.4, 0.5) is 0 Å². The molecule has 0 spiro atoms. The molecule has 1 aromatic carbocycles. The van der Waals surface area contributed by atoms with Gasteiger partial charge in [0.2, 0.25) is 0 Å². The van der Waals surface area contributed by atoms with Crippen LogP contribution in [-0.2, 0) is 13.0 Å². The van der Waals surface area contributed by atoms with Gasteiger partial charge < -0.3 is 15.5 Å². The maximum absolute atomic E-state index is 4.70. The van der Waals surface area contributed by atoms with Gasteiger partial charge in [0, 0.05) is 19.3 Å². The summed E-state index contributed by atoms with van der Waals surface area (Å²) in [7, 11) is 0. The molecule has 0 aliphatic carbocycles. The fraction of sp³-hybridized carbons (Fsp3) is 0.500. The van der Waals surface area contributed by atoms with E-state index >= 15 is 0 Å². The first-order valence-corrected chi connectivity index (χ1v) is 12.4. The van der Waals surface area contributed by atoms with Gasteiger partial charge >= 0.3 is 0 Å². The first-order chi connectivity index (χ1) is 16.3. The highest BCUT2D eigenvalue weighted by Gasteiger charge is 2.18. The largest absolute Gasteiger partial charge is 0.357 e. The third-order valence-electron chi connectivity index (χ3n) is 6.38. The summed E-state index contributed by atoms with van der Waals surface area (Å²) in [5.41, 5.74) is 2.34. The number of pyridine rings is 1. The SMILES string of the molecule is CCNC(=NCc1nnc2ccccn12)NCCCCN1CCC(Cc2ccccc2)CC1. The molecular weight excluding hydrogens is 410 g/mol. The van der Waals surface area contributed by atoms with Crippen LogP contribution < -0.4 is 10.6 Å². The summed E-state index contributed by atoms with van der Waals surface area (Å²) in [5.74, 6) is 2.52. The fourth-order valence-corrected chi connectivity index (χ4v) is 4.52. The van der Waals surface area contributed by atoms with Gasteiger partial charge in [0.05, 0.1) is 0 Å². The molecule has 0 atom stereocenters. The van der Waals surface area contributed by atoms with Crippen LogP contribution in [0, 0.1) is 5.92 Å². The van der Waals surface area contributed by atoms with Crippen LogP contribution in [0.2, 0.25) is 0 Å². The predicted octanol–water partition coefficient (Wildman–Crippen LogP) is 3.52. The second kappa shape index (κ2) is 12.3. The highest BCUT2D eigenvalue weighted by molar-refractivity contribution is 5.79. The van der Waals surface area contributed by atoms with Crippen LogP contribution in [-0.4, -0.2) is 58.2 Å². The van der Waals surface area contributed by atoms with Gasteiger partial charge in [-0.05, 0) is 82.3 Å².